The summed E-state index contributed by atoms with van der Waals surface area (Å²) in [7, 11) is -0.520. The summed E-state index contributed by atoms with van der Waals surface area (Å²) < 4.78 is 6.95. The van der Waals surface area contributed by atoms with Gasteiger partial charge in [0.25, 0.3) is 8.32 Å². The van der Waals surface area contributed by atoms with Gasteiger partial charge in [0.15, 0.2) is 0 Å². The van der Waals surface area contributed by atoms with Crippen LogP contribution in [0.25, 0.3) is 0 Å². The molecule has 18 heavy (non-hydrogen) atoms. The molecule has 1 nitrogen and oxygen atoms in total. The third kappa shape index (κ3) is 2.54. The molecule has 2 rings (SSSR count). The Morgan fingerprint density at radius 1 is 1.00 bits per heavy atom. The molecule has 0 bridgehead atoms. The number of benzene rings is 2. The molecule has 0 aliphatic rings. The number of halogens is 2. The van der Waals surface area contributed by atoms with Gasteiger partial charge >= 0.3 is 0 Å². The fraction of sp³-hybridized carbons (Fsp3) is 0.143. The van der Waals surface area contributed by atoms with E-state index in [1.54, 1.807) is 7.11 Å². The van der Waals surface area contributed by atoms with Crippen molar-refractivity contribution in [3.63, 3.8) is 0 Å². The van der Waals surface area contributed by atoms with Crippen molar-refractivity contribution in [3.8, 4) is 0 Å². The van der Waals surface area contributed by atoms with E-state index in [2.05, 4.69) is 40.2 Å². The van der Waals surface area contributed by atoms with E-state index >= 15 is 0 Å². The van der Waals surface area contributed by atoms with Crippen molar-refractivity contribution in [2.75, 3.05) is 12.6 Å². The lowest BCUT2D eigenvalue weighted by Gasteiger charge is -2.28. The van der Waals surface area contributed by atoms with E-state index < -0.39 is 8.32 Å². The zero-order valence-corrected chi connectivity index (χ0v) is 13.4. The van der Waals surface area contributed by atoms with E-state index in [-0.39, 0.29) is 0 Å². The van der Waals surface area contributed by atoms with E-state index in [1.165, 1.54) is 10.4 Å². The minimum atomic E-state index is -2.27. The van der Waals surface area contributed by atoms with Gasteiger partial charge in [-0.2, -0.15) is 0 Å². The minimum absolute atomic E-state index is 0.509. The Morgan fingerprint density at radius 3 is 2.06 bits per heavy atom. The molecule has 0 N–H and O–H groups in total. The van der Waals surface area contributed by atoms with Crippen LogP contribution < -0.4 is 10.4 Å². The summed E-state index contributed by atoms with van der Waals surface area (Å²) in [5, 5.41) is 2.39. The van der Waals surface area contributed by atoms with Crippen LogP contribution in [0.4, 0.5) is 0 Å². The van der Waals surface area contributed by atoms with E-state index in [0.717, 1.165) is 4.47 Å². The highest BCUT2D eigenvalue weighted by atomic mass is 79.9. The summed E-state index contributed by atoms with van der Waals surface area (Å²) >= 11 is 9.71. The molecule has 2 aromatic rings. The van der Waals surface area contributed by atoms with Gasteiger partial charge in [-0.15, -0.1) is 11.6 Å². The van der Waals surface area contributed by atoms with Crippen molar-refractivity contribution in [2.45, 2.75) is 0 Å². The van der Waals surface area contributed by atoms with Crippen LogP contribution in [0, 0.1) is 0 Å². The molecule has 0 saturated heterocycles. The number of alkyl halides is 1. The summed E-state index contributed by atoms with van der Waals surface area (Å²) in [6.07, 6.45) is 0. The Bertz CT molecular complexity index is 497. The molecule has 0 radical (unpaired) electrons. The first-order valence-electron chi connectivity index (χ1n) is 5.65. The van der Waals surface area contributed by atoms with Crippen LogP contribution in [0.15, 0.2) is 59.1 Å². The number of rotatable bonds is 4. The normalized spacial score (nSPS) is 14.2. The largest absolute Gasteiger partial charge is 0.410 e. The highest BCUT2D eigenvalue weighted by molar-refractivity contribution is 9.10. The first kappa shape index (κ1) is 13.8. The standard InChI is InChI=1S/C14H14BrClOSi/c1-17-18(11-16,13-5-3-2-4-6-13)14-9-7-12(15)8-10-14/h2-10H,11H2,1H3. The molecule has 0 fully saturated rings. The van der Waals surface area contributed by atoms with Crippen molar-refractivity contribution in [2.24, 2.45) is 0 Å². The third-order valence-corrected chi connectivity index (χ3v) is 8.35. The van der Waals surface area contributed by atoms with Gasteiger partial charge in [-0.25, -0.2) is 0 Å². The number of hydrogen-bond donors (Lipinski definition) is 0. The molecule has 1 unspecified atom stereocenters. The van der Waals surface area contributed by atoms with Crippen LogP contribution in [0.3, 0.4) is 0 Å². The minimum Gasteiger partial charge on any atom is -0.410 e. The van der Waals surface area contributed by atoms with Crippen molar-refractivity contribution in [1.29, 1.82) is 0 Å². The molecular weight excluding hydrogens is 328 g/mol. The summed E-state index contributed by atoms with van der Waals surface area (Å²) in [5.74, 6) is 0. The first-order valence-corrected chi connectivity index (χ1v) is 9.10. The monoisotopic (exact) mass is 340 g/mol. The maximum atomic E-state index is 6.26. The maximum absolute atomic E-state index is 6.26. The summed E-state index contributed by atoms with van der Waals surface area (Å²) in [5.41, 5.74) is 0.509. The van der Waals surface area contributed by atoms with Gasteiger partial charge in [0.2, 0.25) is 0 Å². The Balaban J connectivity index is 2.54. The average Bonchev–Trinajstić information content (AvgIpc) is 2.44. The van der Waals surface area contributed by atoms with Crippen LogP contribution in [0.1, 0.15) is 0 Å². The summed E-state index contributed by atoms with van der Waals surface area (Å²) in [6, 6.07) is 18.5. The van der Waals surface area contributed by atoms with Crippen LogP contribution >= 0.6 is 27.5 Å². The van der Waals surface area contributed by atoms with Gasteiger partial charge in [-0.3, -0.25) is 0 Å². The van der Waals surface area contributed by atoms with Crippen molar-refractivity contribution in [1.82, 2.24) is 0 Å². The zero-order valence-electron chi connectivity index (χ0n) is 10.1. The highest BCUT2D eigenvalue weighted by Crippen LogP contribution is 2.12. The molecule has 0 aromatic heterocycles. The summed E-state index contributed by atoms with van der Waals surface area (Å²) in [6.45, 7) is 0. The van der Waals surface area contributed by atoms with Crippen molar-refractivity contribution < 1.29 is 4.43 Å². The van der Waals surface area contributed by atoms with Gasteiger partial charge < -0.3 is 4.43 Å². The molecule has 0 saturated carbocycles. The average molecular weight is 342 g/mol. The van der Waals surface area contributed by atoms with E-state index in [0.29, 0.717) is 5.50 Å². The Labute approximate surface area is 122 Å². The molecule has 0 aliphatic carbocycles. The van der Waals surface area contributed by atoms with Crippen molar-refractivity contribution >= 4 is 46.2 Å². The molecule has 94 valence electrons. The van der Waals surface area contributed by atoms with E-state index in [4.69, 9.17) is 16.0 Å². The lowest BCUT2D eigenvalue weighted by atomic mass is 10.4. The van der Waals surface area contributed by atoms with Crippen LogP contribution in [0.2, 0.25) is 0 Å². The van der Waals surface area contributed by atoms with Crippen LogP contribution in [0.5, 0.6) is 0 Å². The molecular formula is C14H14BrClOSi. The third-order valence-electron chi connectivity index (χ3n) is 3.09. The fourth-order valence-electron chi connectivity index (χ4n) is 2.04. The molecule has 0 heterocycles. The second-order valence-electron chi connectivity index (χ2n) is 4.04. The smallest absolute Gasteiger partial charge is 0.269 e. The van der Waals surface area contributed by atoms with Gasteiger partial charge in [-0.1, -0.05) is 58.4 Å². The molecule has 0 spiro atoms. The first-order chi connectivity index (χ1) is 8.73. The Morgan fingerprint density at radius 2 is 1.56 bits per heavy atom. The SMILES string of the molecule is CO[Si](CCl)(c1ccccc1)c1ccc(Br)cc1. The topological polar surface area (TPSA) is 9.23 Å². The molecule has 1 atom stereocenters. The predicted molar refractivity (Wildman–Crippen MR) is 83.3 cm³/mol. The Hall–Kier alpha value is -0.613. The van der Waals surface area contributed by atoms with Gasteiger partial charge in [0.1, 0.15) is 0 Å². The predicted octanol–water partition coefficient (Wildman–Crippen LogP) is 2.93. The van der Waals surface area contributed by atoms with Gasteiger partial charge in [0.05, 0.1) is 0 Å². The second kappa shape index (κ2) is 6.02. The maximum Gasteiger partial charge on any atom is 0.269 e. The molecule has 0 amide bonds. The molecule has 2 aromatic carbocycles. The zero-order chi connectivity index (χ0) is 13.0. The fourth-order valence-corrected chi connectivity index (χ4v) is 6.21. The lowest BCUT2D eigenvalue weighted by Crippen LogP contribution is -2.62. The second-order valence-corrected chi connectivity index (χ2v) is 9.24. The van der Waals surface area contributed by atoms with Gasteiger partial charge in [-0.05, 0) is 22.5 Å². The summed E-state index contributed by atoms with van der Waals surface area (Å²) in [4.78, 5) is 0. The molecule has 0 aliphatic heterocycles. The quantitative estimate of drug-likeness (QED) is 0.614. The molecule has 4 heteroatoms. The highest BCUT2D eigenvalue weighted by Gasteiger charge is 2.37. The lowest BCUT2D eigenvalue weighted by molar-refractivity contribution is 0.420. The number of hydrogen-bond acceptors (Lipinski definition) is 1. The van der Waals surface area contributed by atoms with Crippen molar-refractivity contribution in [3.05, 3.63) is 59.1 Å². The van der Waals surface area contributed by atoms with E-state index in [9.17, 15) is 0 Å². The van der Waals surface area contributed by atoms with Gasteiger partial charge in [0, 0.05) is 17.1 Å². The van der Waals surface area contributed by atoms with Crippen LogP contribution in [-0.4, -0.2) is 20.9 Å². The van der Waals surface area contributed by atoms with Crippen LogP contribution in [-0.2, 0) is 4.43 Å². The Kier molecular flexibility index (Phi) is 4.62. The van der Waals surface area contributed by atoms with E-state index in [1.807, 2.05) is 30.3 Å².